The maximum Gasteiger partial charge on any atom is 0.142 e. The zero-order chi connectivity index (χ0) is 12.5. The zero-order valence-corrected chi connectivity index (χ0v) is 10.5. The molecule has 1 aliphatic heterocycles. The Labute approximate surface area is 101 Å². The quantitative estimate of drug-likeness (QED) is 0.839. The summed E-state index contributed by atoms with van der Waals surface area (Å²) in [6.45, 7) is 3.12. The number of nitrogens with one attached hydrogen (secondary N) is 2. The molecule has 1 heterocycles. The Morgan fingerprint density at radius 3 is 2.65 bits per heavy atom. The molecule has 2 rings (SSSR count). The average Bonchev–Trinajstić information content (AvgIpc) is 2.28. The van der Waals surface area contributed by atoms with E-state index in [1.807, 2.05) is 4.90 Å². The Balaban J connectivity index is 2.49. The zero-order valence-electron chi connectivity index (χ0n) is 9.70. The Morgan fingerprint density at radius 1 is 1.41 bits per heavy atom. The number of piperazine rings is 1. The maximum absolute atomic E-state index is 13.8. The van der Waals surface area contributed by atoms with Crippen molar-refractivity contribution in [1.29, 1.82) is 4.78 Å². The first-order valence-corrected chi connectivity index (χ1v) is 7.45. The second-order valence-corrected chi connectivity index (χ2v) is 6.26. The van der Waals surface area contributed by atoms with Crippen molar-refractivity contribution in [3.8, 4) is 0 Å². The summed E-state index contributed by atoms with van der Waals surface area (Å²) in [5.41, 5.74) is 0.592. The van der Waals surface area contributed by atoms with Crippen LogP contribution in [0.25, 0.3) is 0 Å². The number of hydrogen-bond acceptors (Lipinski definition) is 4. The minimum Gasteiger partial charge on any atom is -0.368 e. The van der Waals surface area contributed by atoms with Crippen LogP contribution >= 0.6 is 0 Å². The molecule has 0 aliphatic carbocycles. The topological polar surface area (TPSA) is 56.2 Å². The fraction of sp³-hybridized carbons (Fsp3) is 0.455. The molecule has 1 fully saturated rings. The van der Waals surface area contributed by atoms with Gasteiger partial charge in [0, 0.05) is 32.4 Å². The smallest absolute Gasteiger partial charge is 0.142 e. The van der Waals surface area contributed by atoms with E-state index in [2.05, 4.69) is 5.32 Å². The molecular formula is C11H16FN3OS. The van der Waals surface area contributed by atoms with Crippen LogP contribution in [-0.2, 0) is 9.73 Å². The van der Waals surface area contributed by atoms with Crippen molar-refractivity contribution in [3.63, 3.8) is 0 Å². The summed E-state index contributed by atoms with van der Waals surface area (Å²) in [5.74, 6) is -0.552. The summed E-state index contributed by atoms with van der Waals surface area (Å²) in [6, 6.07) is 4.60. The number of hydrogen-bond donors (Lipinski definition) is 2. The lowest BCUT2D eigenvalue weighted by atomic mass is 10.2. The molecule has 1 aliphatic rings. The highest BCUT2D eigenvalue weighted by Crippen LogP contribution is 2.28. The minimum atomic E-state index is -3.05. The predicted octanol–water partition coefficient (Wildman–Crippen LogP) is 1.27. The number of benzene rings is 1. The summed E-state index contributed by atoms with van der Waals surface area (Å²) in [7, 11) is -3.05. The third kappa shape index (κ3) is 2.58. The summed E-state index contributed by atoms with van der Waals surface area (Å²) in [4.78, 5) is 2.01. The molecule has 0 saturated carbocycles. The van der Waals surface area contributed by atoms with Crippen LogP contribution in [0.15, 0.2) is 23.1 Å². The molecule has 4 nitrogen and oxygen atoms in total. The number of nitrogens with zero attached hydrogens (tertiary/aromatic N) is 1. The maximum atomic E-state index is 13.8. The lowest BCUT2D eigenvalue weighted by Crippen LogP contribution is -2.44. The highest BCUT2D eigenvalue weighted by atomic mass is 32.2. The first-order valence-electron chi connectivity index (χ1n) is 5.48. The van der Waals surface area contributed by atoms with E-state index >= 15 is 0 Å². The summed E-state index contributed by atoms with van der Waals surface area (Å²) >= 11 is 0. The molecule has 94 valence electrons. The molecule has 2 N–H and O–H groups in total. The molecule has 1 aromatic rings. The highest BCUT2D eigenvalue weighted by Gasteiger charge is 2.21. The summed E-state index contributed by atoms with van der Waals surface area (Å²) in [5, 5.41) is 3.20. The van der Waals surface area contributed by atoms with E-state index in [0.717, 1.165) is 26.2 Å². The van der Waals surface area contributed by atoms with E-state index in [0.29, 0.717) is 5.69 Å². The third-order valence-corrected chi connectivity index (χ3v) is 3.98. The second kappa shape index (κ2) is 4.62. The lowest BCUT2D eigenvalue weighted by Gasteiger charge is -2.31. The van der Waals surface area contributed by atoms with Crippen LogP contribution in [0.4, 0.5) is 10.1 Å². The number of rotatable bonds is 2. The lowest BCUT2D eigenvalue weighted by molar-refractivity contribution is 0.569. The monoisotopic (exact) mass is 257 g/mol. The molecule has 0 aromatic heterocycles. The Morgan fingerprint density at radius 2 is 2.06 bits per heavy atom. The van der Waals surface area contributed by atoms with Gasteiger partial charge in [0.05, 0.1) is 15.4 Å². The molecule has 1 unspecified atom stereocenters. The molecule has 0 amide bonds. The Hall–Kier alpha value is -1.14. The van der Waals surface area contributed by atoms with Gasteiger partial charge in [0.2, 0.25) is 0 Å². The van der Waals surface area contributed by atoms with Crippen molar-refractivity contribution < 1.29 is 8.60 Å². The van der Waals surface area contributed by atoms with Crippen molar-refractivity contribution in [2.45, 2.75) is 4.90 Å². The van der Waals surface area contributed by atoms with Crippen LogP contribution in [0.2, 0.25) is 0 Å². The van der Waals surface area contributed by atoms with Crippen molar-refractivity contribution >= 4 is 15.4 Å². The van der Waals surface area contributed by atoms with Gasteiger partial charge >= 0.3 is 0 Å². The summed E-state index contributed by atoms with van der Waals surface area (Å²) in [6.07, 6.45) is 1.26. The van der Waals surface area contributed by atoms with Gasteiger partial charge in [-0.3, -0.25) is 0 Å². The molecule has 0 bridgehead atoms. The third-order valence-electron chi connectivity index (χ3n) is 2.79. The standard InChI is InChI=1S/C11H16FN3OS/c1-17(13,16)11-9(12)3-2-4-10(11)15-7-5-14-6-8-15/h2-4,13-14H,5-8H2,1H3. The van der Waals surface area contributed by atoms with Crippen molar-refractivity contribution in [1.82, 2.24) is 5.32 Å². The van der Waals surface area contributed by atoms with Crippen molar-refractivity contribution in [2.75, 3.05) is 37.3 Å². The van der Waals surface area contributed by atoms with E-state index in [-0.39, 0.29) is 4.90 Å². The summed E-state index contributed by atoms with van der Waals surface area (Å²) < 4.78 is 33.2. The molecule has 0 radical (unpaired) electrons. The van der Waals surface area contributed by atoms with Crippen LogP contribution in [0, 0.1) is 10.6 Å². The van der Waals surface area contributed by atoms with Crippen LogP contribution in [-0.4, -0.2) is 36.6 Å². The largest absolute Gasteiger partial charge is 0.368 e. The molecule has 17 heavy (non-hydrogen) atoms. The van der Waals surface area contributed by atoms with Gasteiger partial charge in [0.1, 0.15) is 10.7 Å². The van der Waals surface area contributed by atoms with Gasteiger partial charge in [-0.2, -0.15) is 0 Å². The van der Waals surface area contributed by atoms with Gasteiger partial charge in [-0.1, -0.05) is 6.07 Å². The van der Waals surface area contributed by atoms with Gasteiger partial charge in [0.25, 0.3) is 0 Å². The van der Waals surface area contributed by atoms with Gasteiger partial charge in [-0.05, 0) is 12.1 Å². The van der Waals surface area contributed by atoms with E-state index in [1.54, 1.807) is 12.1 Å². The van der Waals surface area contributed by atoms with Crippen molar-refractivity contribution in [3.05, 3.63) is 24.0 Å². The number of anilines is 1. The van der Waals surface area contributed by atoms with Gasteiger partial charge in [0.15, 0.2) is 0 Å². The molecule has 1 aromatic carbocycles. The predicted molar refractivity (Wildman–Crippen MR) is 66.5 cm³/mol. The molecule has 1 atom stereocenters. The van der Waals surface area contributed by atoms with Crippen LogP contribution in [0.3, 0.4) is 0 Å². The Kier molecular flexibility index (Phi) is 3.35. The first kappa shape index (κ1) is 12.3. The van der Waals surface area contributed by atoms with E-state index < -0.39 is 15.5 Å². The number of halogens is 1. The minimum absolute atomic E-state index is 0.0295. The molecule has 6 heteroatoms. The highest BCUT2D eigenvalue weighted by molar-refractivity contribution is 7.91. The van der Waals surface area contributed by atoms with Crippen LogP contribution in [0.5, 0.6) is 0 Å². The molecular weight excluding hydrogens is 241 g/mol. The van der Waals surface area contributed by atoms with Gasteiger partial charge in [-0.15, -0.1) is 0 Å². The second-order valence-electron chi connectivity index (χ2n) is 4.17. The first-order chi connectivity index (χ1) is 8.00. The van der Waals surface area contributed by atoms with Gasteiger partial charge < -0.3 is 10.2 Å². The van der Waals surface area contributed by atoms with E-state index in [9.17, 15) is 8.60 Å². The Bertz CT molecular complexity index is 509. The van der Waals surface area contributed by atoms with E-state index in [1.165, 1.54) is 12.3 Å². The van der Waals surface area contributed by atoms with Crippen LogP contribution < -0.4 is 10.2 Å². The van der Waals surface area contributed by atoms with E-state index in [4.69, 9.17) is 4.78 Å². The molecule has 0 spiro atoms. The van der Waals surface area contributed by atoms with Gasteiger partial charge in [-0.25, -0.2) is 13.4 Å². The SMILES string of the molecule is CS(=N)(=O)c1c(F)cccc1N1CCNCC1. The molecule has 1 saturated heterocycles. The fourth-order valence-corrected chi connectivity index (χ4v) is 3.07. The average molecular weight is 257 g/mol. The van der Waals surface area contributed by atoms with Crippen molar-refractivity contribution in [2.24, 2.45) is 0 Å². The normalized spacial score (nSPS) is 20.0. The fourth-order valence-electron chi connectivity index (χ4n) is 2.04. The van der Waals surface area contributed by atoms with Crippen LogP contribution in [0.1, 0.15) is 0 Å².